The summed E-state index contributed by atoms with van der Waals surface area (Å²) < 4.78 is 0. The highest BCUT2D eigenvalue weighted by atomic mass is 35.5. The van der Waals surface area contributed by atoms with Crippen molar-refractivity contribution in [2.75, 3.05) is 6.54 Å². The number of aromatic nitrogens is 1. The van der Waals surface area contributed by atoms with Gasteiger partial charge < -0.3 is 10.0 Å². The molecule has 1 fully saturated rings. The molecule has 5 nitrogen and oxygen atoms in total. The van der Waals surface area contributed by atoms with Crippen LogP contribution < -0.4 is 0 Å². The van der Waals surface area contributed by atoms with E-state index in [1.165, 1.54) is 12.4 Å². The third-order valence-electron chi connectivity index (χ3n) is 3.30. The molecule has 1 amide bonds. The molecule has 102 valence electrons. The third-order valence-corrected chi connectivity index (χ3v) is 3.60. The van der Waals surface area contributed by atoms with E-state index >= 15 is 0 Å². The number of carboxylic acids is 1. The Bertz CT molecular complexity index is 493. The number of carbonyl (C=O) groups excluding carboxylic acids is 1. The van der Waals surface area contributed by atoms with Crippen LogP contribution in [-0.2, 0) is 4.79 Å². The molecule has 1 saturated heterocycles. The van der Waals surface area contributed by atoms with E-state index in [1.807, 2.05) is 0 Å². The number of carbonyl (C=O) groups is 2. The zero-order chi connectivity index (χ0) is 13.8. The summed E-state index contributed by atoms with van der Waals surface area (Å²) >= 11 is 5.97. The lowest BCUT2D eigenvalue weighted by molar-refractivity contribution is -0.138. The van der Waals surface area contributed by atoms with Crippen molar-refractivity contribution in [2.45, 2.75) is 31.7 Å². The molecule has 2 heterocycles. The molecular weight excluding hydrogens is 268 g/mol. The van der Waals surface area contributed by atoms with Crippen LogP contribution in [0.4, 0.5) is 0 Å². The van der Waals surface area contributed by atoms with Gasteiger partial charge in [0, 0.05) is 25.0 Å². The minimum atomic E-state index is -0.884. The molecule has 0 aromatic carbocycles. The molecular formula is C13H15ClN2O3. The minimum absolute atomic E-state index is 0.0194. The maximum absolute atomic E-state index is 12.4. The predicted octanol–water partition coefficient (Wildman–Crippen LogP) is 2.20. The van der Waals surface area contributed by atoms with Crippen LogP contribution in [0.25, 0.3) is 0 Å². The quantitative estimate of drug-likeness (QED) is 0.923. The molecule has 2 rings (SSSR count). The first-order chi connectivity index (χ1) is 9.09. The van der Waals surface area contributed by atoms with Gasteiger partial charge in [-0.05, 0) is 25.3 Å². The Labute approximate surface area is 116 Å². The number of pyridine rings is 1. The van der Waals surface area contributed by atoms with E-state index in [4.69, 9.17) is 16.7 Å². The number of halogens is 1. The first-order valence-corrected chi connectivity index (χ1v) is 6.59. The maximum Gasteiger partial charge on any atom is 0.305 e. The lowest BCUT2D eigenvalue weighted by atomic mass is 9.98. The Morgan fingerprint density at radius 1 is 1.47 bits per heavy atom. The standard InChI is InChI=1S/C13H15ClN2O3/c14-11-8-15-5-4-10(11)13(19)16-6-2-1-3-9(16)7-12(17)18/h4-5,8-9H,1-3,6-7H2,(H,17,18). The molecule has 1 N–H and O–H groups in total. The molecule has 1 aromatic heterocycles. The fourth-order valence-corrected chi connectivity index (χ4v) is 2.59. The van der Waals surface area contributed by atoms with Crippen LogP contribution in [0.2, 0.25) is 5.02 Å². The summed E-state index contributed by atoms with van der Waals surface area (Å²) in [6.07, 6.45) is 5.48. The van der Waals surface area contributed by atoms with Crippen molar-refractivity contribution in [1.82, 2.24) is 9.88 Å². The van der Waals surface area contributed by atoms with Crippen molar-refractivity contribution in [3.63, 3.8) is 0 Å². The summed E-state index contributed by atoms with van der Waals surface area (Å²) in [6.45, 7) is 0.579. The number of piperidine rings is 1. The maximum atomic E-state index is 12.4. The molecule has 1 atom stereocenters. The summed E-state index contributed by atoms with van der Waals surface area (Å²) in [5.74, 6) is -1.09. The number of hydrogen-bond donors (Lipinski definition) is 1. The van der Waals surface area contributed by atoms with Gasteiger partial charge in [0.05, 0.1) is 17.0 Å². The van der Waals surface area contributed by atoms with E-state index < -0.39 is 5.97 Å². The minimum Gasteiger partial charge on any atom is -0.481 e. The van der Waals surface area contributed by atoms with E-state index in [1.54, 1.807) is 11.0 Å². The number of nitrogens with zero attached hydrogens (tertiary/aromatic N) is 2. The van der Waals surface area contributed by atoms with Gasteiger partial charge in [-0.2, -0.15) is 0 Å². The number of carboxylic acid groups (broad SMARTS) is 1. The van der Waals surface area contributed by atoms with Crippen LogP contribution in [0.15, 0.2) is 18.5 Å². The molecule has 0 spiro atoms. The monoisotopic (exact) mass is 282 g/mol. The Balaban J connectivity index is 2.20. The van der Waals surface area contributed by atoms with Crippen LogP contribution in [0, 0.1) is 0 Å². The lowest BCUT2D eigenvalue weighted by Gasteiger charge is -2.35. The van der Waals surface area contributed by atoms with Gasteiger partial charge >= 0.3 is 5.97 Å². The largest absolute Gasteiger partial charge is 0.481 e. The van der Waals surface area contributed by atoms with Crippen molar-refractivity contribution in [1.29, 1.82) is 0 Å². The Hall–Kier alpha value is -1.62. The zero-order valence-electron chi connectivity index (χ0n) is 10.4. The van der Waals surface area contributed by atoms with E-state index in [2.05, 4.69) is 4.98 Å². The number of hydrogen-bond acceptors (Lipinski definition) is 3. The van der Waals surface area contributed by atoms with Crippen molar-refractivity contribution in [3.05, 3.63) is 29.0 Å². The highest BCUT2D eigenvalue weighted by Crippen LogP contribution is 2.24. The highest BCUT2D eigenvalue weighted by Gasteiger charge is 2.29. The average molecular weight is 283 g/mol. The predicted molar refractivity (Wildman–Crippen MR) is 70.2 cm³/mol. The SMILES string of the molecule is O=C(O)CC1CCCCN1C(=O)c1ccncc1Cl. The summed E-state index contributed by atoms with van der Waals surface area (Å²) in [5.41, 5.74) is 0.383. The second kappa shape index (κ2) is 6.02. The number of likely N-dealkylation sites (tertiary alicyclic amines) is 1. The highest BCUT2D eigenvalue weighted by molar-refractivity contribution is 6.33. The Kier molecular flexibility index (Phi) is 4.37. The summed E-state index contributed by atoms with van der Waals surface area (Å²) in [5, 5.41) is 9.21. The van der Waals surface area contributed by atoms with Crippen molar-refractivity contribution in [3.8, 4) is 0 Å². The molecule has 0 saturated carbocycles. The van der Waals surface area contributed by atoms with E-state index in [9.17, 15) is 9.59 Å². The van der Waals surface area contributed by atoms with Gasteiger partial charge in [-0.25, -0.2) is 0 Å². The second-order valence-electron chi connectivity index (χ2n) is 4.60. The van der Waals surface area contributed by atoms with Gasteiger partial charge in [-0.1, -0.05) is 11.6 Å². The van der Waals surface area contributed by atoms with Crippen LogP contribution in [0.1, 0.15) is 36.0 Å². The van der Waals surface area contributed by atoms with E-state index in [0.717, 1.165) is 19.3 Å². The summed E-state index contributed by atoms with van der Waals surface area (Å²) in [6, 6.07) is 1.32. The van der Waals surface area contributed by atoms with Crippen LogP contribution in [0.3, 0.4) is 0 Å². The molecule has 1 aliphatic heterocycles. The molecule has 6 heteroatoms. The van der Waals surface area contributed by atoms with Crippen LogP contribution in [0.5, 0.6) is 0 Å². The summed E-state index contributed by atoms with van der Waals surface area (Å²) in [7, 11) is 0. The fourth-order valence-electron chi connectivity index (χ4n) is 2.39. The average Bonchev–Trinajstić information content (AvgIpc) is 2.38. The normalized spacial score (nSPS) is 19.2. The molecule has 1 unspecified atom stereocenters. The lowest BCUT2D eigenvalue weighted by Crippen LogP contribution is -2.44. The van der Waals surface area contributed by atoms with Gasteiger partial charge in [0.25, 0.3) is 5.91 Å². The van der Waals surface area contributed by atoms with Crippen LogP contribution in [-0.4, -0.2) is 39.5 Å². The smallest absolute Gasteiger partial charge is 0.305 e. The van der Waals surface area contributed by atoms with Gasteiger partial charge in [0.2, 0.25) is 0 Å². The Morgan fingerprint density at radius 3 is 2.95 bits per heavy atom. The van der Waals surface area contributed by atoms with Gasteiger partial charge in [0.15, 0.2) is 0 Å². The molecule has 0 radical (unpaired) electrons. The van der Waals surface area contributed by atoms with Gasteiger partial charge in [0.1, 0.15) is 0 Å². The molecule has 1 aromatic rings. The van der Waals surface area contributed by atoms with Crippen molar-refractivity contribution in [2.24, 2.45) is 0 Å². The third kappa shape index (κ3) is 3.23. The van der Waals surface area contributed by atoms with E-state index in [-0.39, 0.29) is 18.4 Å². The topological polar surface area (TPSA) is 70.5 Å². The zero-order valence-corrected chi connectivity index (χ0v) is 11.1. The molecule has 0 aliphatic carbocycles. The van der Waals surface area contributed by atoms with Crippen molar-refractivity contribution >= 4 is 23.5 Å². The fraction of sp³-hybridized carbons (Fsp3) is 0.462. The van der Waals surface area contributed by atoms with Gasteiger partial charge in [-0.3, -0.25) is 14.6 Å². The number of rotatable bonds is 3. The van der Waals surface area contributed by atoms with Crippen LogP contribution >= 0.6 is 11.6 Å². The number of amides is 1. The summed E-state index contributed by atoms with van der Waals surface area (Å²) in [4.78, 5) is 28.8. The molecule has 0 bridgehead atoms. The van der Waals surface area contributed by atoms with E-state index in [0.29, 0.717) is 17.1 Å². The second-order valence-corrected chi connectivity index (χ2v) is 5.01. The molecule has 19 heavy (non-hydrogen) atoms. The number of aliphatic carboxylic acids is 1. The Morgan fingerprint density at radius 2 is 2.26 bits per heavy atom. The first kappa shape index (κ1) is 13.8. The van der Waals surface area contributed by atoms with Crippen molar-refractivity contribution < 1.29 is 14.7 Å². The first-order valence-electron chi connectivity index (χ1n) is 6.22. The molecule has 1 aliphatic rings. The van der Waals surface area contributed by atoms with Gasteiger partial charge in [-0.15, -0.1) is 0 Å².